The highest BCUT2D eigenvalue weighted by atomic mass is 16.6. The van der Waals surface area contributed by atoms with Crippen molar-refractivity contribution in [3.05, 3.63) is 18.2 Å². The summed E-state index contributed by atoms with van der Waals surface area (Å²) in [5, 5.41) is 6.67. The lowest BCUT2D eigenvalue weighted by Gasteiger charge is -2.36. The number of hydrogen-bond donors (Lipinski definition) is 3. The summed E-state index contributed by atoms with van der Waals surface area (Å²) in [5.74, 6) is 0. The van der Waals surface area contributed by atoms with Crippen molar-refractivity contribution in [1.82, 2.24) is 10.2 Å². The molecule has 4 N–H and O–H groups in total. The molecule has 2 fully saturated rings. The Kier molecular flexibility index (Phi) is 7.57. The molecule has 2 heterocycles. The maximum atomic E-state index is 12.0. The van der Waals surface area contributed by atoms with Crippen molar-refractivity contribution in [3.63, 3.8) is 0 Å². The number of nitrogen functional groups attached to an aromatic ring is 1. The Hall–Kier alpha value is -2.15. The summed E-state index contributed by atoms with van der Waals surface area (Å²) in [7, 11) is 0. The van der Waals surface area contributed by atoms with Crippen LogP contribution in [0, 0.1) is 0 Å². The Balaban J connectivity index is 1.48. The zero-order chi connectivity index (χ0) is 22.6. The van der Waals surface area contributed by atoms with Gasteiger partial charge in [-0.2, -0.15) is 0 Å². The molecule has 0 unspecified atom stereocenters. The maximum absolute atomic E-state index is 12.0. The van der Waals surface area contributed by atoms with Crippen LogP contribution in [0.2, 0.25) is 0 Å². The number of nitrogens with one attached hydrogen (secondary N) is 2. The number of carbonyl (C=O) groups excluding carboxylic acids is 1. The number of benzene rings is 1. The van der Waals surface area contributed by atoms with Gasteiger partial charge in [0.15, 0.2) is 0 Å². The first kappa shape index (κ1) is 23.5. The summed E-state index contributed by atoms with van der Waals surface area (Å²) in [6, 6.07) is 7.61. The molecule has 174 valence electrons. The first-order valence-corrected chi connectivity index (χ1v) is 11.8. The van der Waals surface area contributed by atoms with Crippen LogP contribution in [0.3, 0.4) is 0 Å². The fourth-order valence-electron chi connectivity index (χ4n) is 4.47. The number of alkyl carbamates (subject to hydrolysis) is 1. The predicted octanol–water partition coefficient (Wildman–Crippen LogP) is 4.05. The van der Waals surface area contributed by atoms with Gasteiger partial charge < -0.3 is 30.9 Å². The molecule has 0 saturated carbocycles. The minimum absolute atomic E-state index is 0.143. The van der Waals surface area contributed by atoms with Gasteiger partial charge in [-0.05, 0) is 78.5 Å². The summed E-state index contributed by atoms with van der Waals surface area (Å²) < 4.78 is 5.37. The van der Waals surface area contributed by atoms with Gasteiger partial charge in [0, 0.05) is 50.0 Å². The first-order valence-electron chi connectivity index (χ1n) is 11.8. The normalized spacial score (nSPS) is 19.5. The second-order valence-electron chi connectivity index (χ2n) is 10.2. The van der Waals surface area contributed by atoms with Gasteiger partial charge in [0.25, 0.3) is 0 Å². The number of hydrogen-bond acceptors (Lipinski definition) is 6. The number of ether oxygens (including phenoxy) is 1. The highest BCUT2D eigenvalue weighted by Crippen LogP contribution is 2.30. The van der Waals surface area contributed by atoms with Crippen LogP contribution < -0.4 is 21.3 Å². The van der Waals surface area contributed by atoms with E-state index < -0.39 is 5.60 Å². The second-order valence-corrected chi connectivity index (χ2v) is 10.2. The highest BCUT2D eigenvalue weighted by Gasteiger charge is 2.25. The van der Waals surface area contributed by atoms with Crippen molar-refractivity contribution >= 4 is 23.2 Å². The van der Waals surface area contributed by atoms with Gasteiger partial charge >= 0.3 is 6.09 Å². The first-order chi connectivity index (χ1) is 14.6. The molecule has 0 atom stereocenters. The van der Waals surface area contributed by atoms with Crippen LogP contribution in [-0.2, 0) is 4.74 Å². The average Bonchev–Trinajstić information content (AvgIpc) is 2.68. The number of amides is 1. The van der Waals surface area contributed by atoms with Crippen molar-refractivity contribution in [3.8, 4) is 0 Å². The smallest absolute Gasteiger partial charge is 0.407 e. The third-order valence-electron chi connectivity index (χ3n) is 6.21. The largest absolute Gasteiger partial charge is 0.444 e. The minimum Gasteiger partial charge on any atom is -0.444 e. The number of anilines is 3. The molecule has 0 aromatic heterocycles. The van der Waals surface area contributed by atoms with Gasteiger partial charge in [-0.1, -0.05) is 0 Å². The van der Waals surface area contributed by atoms with Crippen molar-refractivity contribution in [1.29, 1.82) is 0 Å². The number of rotatable bonds is 5. The van der Waals surface area contributed by atoms with E-state index in [1.807, 2.05) is 20.8 Å². The summed E-state index contributed by atoms with van der Waals surface area (Å²) in [6.45, 7) is 14.2. The Labute approximate surface area is 187 Å². The lowest BCUT2D eigenvalue weighted by Crippen LogP contribution is -2.46. The standard InChI is InChI=1S/C24H41N5O2/c1-17(2)28-12-8-18(9-13-28)26-20-6-7-22(21(25)16-20)29-14-10-19(11-15-29)27-23(30)31-24(3,4)5/h6-7,16-19,26H,8-15,25H2,1-5H3,(H,27,30). The lowest BCUT2D eigenvalue weighted by atomic mass is 10.0. The molecule has 0 spiro atoms. The van der Waals surface area contributed by atoms with Gasteiger partial charge in [-0.3, -0.25) is 0 Å². The molecule has 0 bridgehead atoms. The number of nitrogens with zero attached hydrogens (tertiary/aromatic N) is 2. The zero-order valence-electron chi connectivity index (χ0n) is 19.9. The van der Waals surface area contributed by atoms with Crippen LogP contribution in [0.15, 0.2) is 18.2 Å². The third kappa shape index (κ3) is 6.92. The molecule has 3 rings (SSSR count). The van der Waals surface area contributed by atoms with Gasteiger partial charge in [-0.25, -0.2) is 4.79 Å². The molecule has 2 aliphatic rings. The molecular formula is C24H41N5O2. The maximum Gasteiger partial charge on any atom is 0.407 e. The topological polar surface area (TPSA) is 82.9 Å². The van der Waals surface area contributed by atoms with E-state index in [1.54, 1.807) is 0 Å². The fourth-order valence-corrected chi connectivity index (χ4v) is 4.47. The summed E-state index contributed by atoms with van der Waals surface area (Å²) in [5.41, 5.74) is 8.94. The number of piperidine rings is 2. The van der Waals surface area contributed by atoms with Crippen LogP contribution in [0.1, 0.15) is 60.3 Å². The van der Waals surface area contributed by atoms with E-state index in [2.05, 4.69) is 52.5 Å². The Morgan fingerprint density at radius 1 is 1.06 bits per heavy atom. The van der Waals surface area contributed by atoms with E-state index in [-0.39, 0.29) is 12.1 Å². The van der Waals surface area contributed by atoms with Crippen molar-refractivity contribution in [2.24, 2.45) is 0 Å². The van der Waals surface area contributed by atoms with Crippen molar-refractivity contribution in [2.45, 2.75) is 84.0 Å². The van der Waals surface area contributed by atoms with Crippen LogP contribution in [-0.4, -0.2) is 60.9 Å². The predicted molar refractivity (Wildman–Crippen MR) is 129 cm³/mol. The molecule has 2 saturated heterocycles. The molecule has 7 heteroatoms. The highest BCUT2D eigenvalue weighted by molar-refractivity contribution is 5.73. The van der Waals surface area contributed by atoms with Crippen LogP contribution in [0.25, 0.3) is 0 Å². The van der Waals surface area contributed by atoms with Crippen LogP contribution in [0.5, 0.6) is 0 Å². The Bertz CT molecular complexity index is 730. The van der Waals surface area contributed by atoms with E-state index in [9.17, 15) is 4.79 Å². The van der Waals surface area contributed by atoms with Gasteiger partial charge in [0.05, 0.1) is 11.4 Å². The molecule has 1 aromatic rings. The monoisotopic (exact) mass is 431 g/mol. The van der Waals surface area contributed by atoms with Crippen molar-refractivity contribution in [2.75, 3.05) is 42.1 Å². The molecule has 7 nitrogen and oxygen atoms in total. The van der Waals surface area contributed by atoms with Crippen LogP contribution in [0.4, 0.5) is 21.9 Å². The zero-order valence-corrected chi connectivity index (χ0v) is 19.9. The van der Waals surface area contributed by atoms with E-state index in [0.717, 1.165) is 68.9 Å². The average molecular weight is 432 g/mol. The Morgan fingerprint density at radius 2 is 1.68 bits per heavy atom. The quantitative estimate of drug-likeness (QED) is 0.610. The SMILES string of the molecule is CC(C)N1CCC(Nc2ccc(N3CCC(NC(=O)OC(C)(C)C)CC3)c(N)c2)CC1. The van der Waals surface area contributed by atoms with E-state index in [1.165, 1.54) is 0 Å². The fraction of sp³-hybridized carbons (Fsp3) is 0.708. The minimum atomic E-state index is -0.472. The number of nitrogens with two attached hydrogens (primary N) is 1. The van der Waals surface area contributed by atoms with E-state index in [4.69, 9.17) is 10.5 Å². The van der Waals surface area contributed by atoms with Gasteiger partial charge in [0.2, 0.25) is 0 Å². The number of carbonyl (C=O) groups is 1. The molecule has 2 aliphatic heterocycles. The molecular weight excluding hydrogens is 390 g/mol. The summed E-state index contributed by atoms with van der Waals surface area (Å²) >= 11 is 0. The van der Waals surface area contributed by atoms with Gasteiger partial charge in [0.1, 0.15) is 5.60 Å². The summed E-state index contributed by atoms with van der Waals surface area (Å²) in [4.78, 5) is 16.9. The van der Waals surface area contributed by atoms with E-state index in [0.29, 0.717) is 12.1 Å². The van der Waals surface area contributed by atoms with Crippen molar-refractivity contribution < 1.29 is 9.53 Å². The lowest BCUT2D eigenvalue weighted by molar-refractivity contribution is 0.0497. The van der Waals surface area contributed by atoms with E-state index >= 15 is 0 Å². The van der Waals surface area contributed by atoms with Gasteiger partial charge in [-0.15, -0.1) is 0 Å². The molecule has 1 aromatic carbocycles. The molecule has 0 aliphatic carbocycles. The molecule has 0 radical (unpaired) electrons. The second kappa shape index (κ2) is 9.98. The Morgan fingerprint density at radius 3 is 2.23 bits per heavy atom. The number of likely N-dealkylation sites (tertiary alicyclic amines) is 1. The van der Waals surface area contributed by atoms with Crippen LogP contribution >= 0.6 is 0 Å². The third-order valence-corrected chi connectivity index (χ3v) is 6.21. The molecule has 1 amide bonds. The summed E-state index contributed by atoms with van der Waals surface area (Å²) in [6.07, 6.45) is 3.76. The molecule has 31 heavy (non-hydrogen) atoms.